The van der Waals surface area contributed by atoms with Gasteiger partial charge in [0.15, 0.2) is 0 Å². The maximum absolute atomic E-state index is 5.39. The molecule has 0 amide bonds. The molecule has 0 aromatic carbocycles. The Morgan fingerprint density at radius 1 is 1.38 bits per heavy atom. The lowest BCUT2D eigenvalue weighted by atomic mass is 9.67. The van der Waals surface area contributed by atoms with E-state index in [1.54, 1.807) is 0 Å². The van der Waals surface area contributed by atoms with Crippen molar-refractivity contribution in [1.82, 2.24) is 5.32 Å². The van der Waals surface area contributed by atoms with E-state index in [1.807, 2.05) is 0 Å². The van der Waals surface area contributed by atoms with E-state index in [0.29, 0.717) is 17.5 Å². The van der Waals surface area contributed by atoms with Crippen molar-refractivity contribution in [1.29, 1.82) is 0 Å². The van der Waals surface area contributed by atoms with E-state index in [9.17, 15) is 0 Å². The van der Waals surface area contributed by atoms with E-state index in [1.165, 1.54) is 12.8 Å². The van der Waals surface area contributed by atoms with E-state index in [4.69, 9.17) is 4.74 Å². The molecule has 2 aliphatic heterocycles. The molecule has 0 aliphatic carbocycles. The summed E-state index contributed by atoms with van der Waals surface area (Å²) in [6, 6.07) is 1.36. The Morgan fingerprint density at radius 2 is 2.08 bits per heavy atom. The van der Waals surface area contributed by atoms with Crippen molar-refractivity contribution in [2.75, 3.05) is 13.2 Å². The highest BCUT2D eigenvalue weighted by Gasteiger charge is 2.48. The number of nitrogens with one attached hydrogen (secondary N) is 1. The fraction of sp³-hybridized carbons (Fsp3) is 1.00. The molecule has 2 heterocycles. The van der Waals surface area contributed by atoms with Gasteiger partial charge in [-0.05, 0) is 25.7 Å². The monoisotopic (exact) mass is 183 g/mol. The smallest absolute Gasteiger partial charge is 0.0559 e. The van der Waals surface area contributed by atoms with Crippen LogP contribution >= 0.6 is 0 Å². The first-order valence-corrected chi connectivity index (χ1v) is 5.48. The van der Waals surface area contributed by atoms with Crippen LogP contribution in [0.25, 0.3) is 0 Å². The highest BCUT2D eigenvalue weighted by Crippen LogP contribution is 2.42. The number of piperidine rings is 1. The number of rotatable bonds is 1. The molecular weight excluding hydrogens is 162 g/mol. The van der Waals surface area contributed by atoms with Crippen LogP contribution in [-0.2, 0) is 4.74 Å². The van der Waals surface area contributed by atoms with Crippen molar-refractivity contribution < 1.29 is 4.74 Å². The average molecular weight is 183 g/mol. The van der Waals surface area contributed by atoms with Gasteiger partial charge in [-0.15, -0.1) is 0 Å². The summed E-state index contributed by atoms with van der Waals surface area (Å²) in [6.07, 6.45) is 2.66. The van der Waals surface area contributed by atoms with Gasteiger partial charge in [0.25, 0.3) is 0 Å². The lowest BCUT2D eigenvalue weighted by molar-refractivity contribution is -0.157. The zero-order chi connectivity index (χ0) is 9.47. The maximum atomic E-state index is 5.39. The molecule has 1 unspecified atom stereocenters. The molecule has 0 radical (unpaired) electrons. The van der Waals surface area contributed by atoms with Gasteiger partial charge < -0.3 is 10.1 Å². The van der Waals surface area contributed by atoms with Crippen LogP contribution in [0.2, 0.25) is 0 Å². The van der Waals surface area contributed by atoms with Crippen LogP contribution in [0, 0.1) is 11.3 Å². The van der Waals surface area contributed by atoms with Gasteiger partial charge in [-0.25, -0.2) is 0 Å². The summed E-state index contributed by atoms with van der Waals surface area (Å²) < 4.78 is 5.39. The molecule has 2 atom stereocenters. The lowest BCUT2D eigenvalue weighted by Gasteiger charge is -2.53. The minimum Gasteiger partial charge on any atom is -0.380 e. The first-order chi connectivity index (χ1) is 6.14. The van der Waals surface area contributed by atoms with Crippen molar-refractivity contribution in [3.05, 3.63) is 0 Å². The molecule has 2 nitrogen and oxygen atoms in total. The summed E-state index contributed by atoms with van der Waals surface area (Å²) in [4.78, 5) is 0. The molecule has 13 heavy (non-hydrogen) atoms. The van der Waals surface area contributed by atoms with Crippen LogP contribution in [-0.4, -0.2) is 25.3 Å². The summed E-state index contributed by atoms with van der Waals surface area (Å²) in [6.45, 7) is 8.89. The van der Waals surface area contributed by atoms with Crippen molar-refractivity contribution >= 4 is 0 Å². The molecule has 0 bridgehead atoms. The summed E-state index contributed by atoms with van der Waals surface area (Å²) in [5, 5.41) is 3.73. The number of hydrogen-bond donors (Lipinski definition) is 1. The van der Waals surface area contributed by atoms with E-state index in [0.717, 1.165) is 19.1 Å². The van der Waals surface area contributed by atoms with Gasteiger partial charge in [-0.3, -0.25) is 0 Å². The molecule has 0 aromatic heterocycles. The van der Waals surface area contributed by atoms with E-state index >= 15 is 0 Å². The second-order valence-electron chi connectivity index (χ2n) is 5.18. The predicted octanol–water partition coefficient (Wildman–Crippen LogP) is 1.80. The fourth-order valence-electron chi connectivity index (χ4n) is 2.81. The largest absolute Gasteiger partial charge is 0.380 e. The van der Waals surface area contributed by atoms with Gasteiger partial charge in [0.2, 0.25) is 0 Å². The highest BCUT2D eigenvalue weighted by molar-refractivity contribution is 5.01. The molecular formula is C11H21NO. The van der Waals surface area contributed by atoms with Crippen LogP contribution in [0.15, 0.2) is 0 Å². The van der Waals surface area contributed by atoms with Crippen LogP contribution in [0.5, 0.6) is 0 Å². The van der Waals surface area contributed by atoms with Gasteiger partial charge in [-0.2, -0.15) is 0 Å². The van der Waals surface area contributed by atoms with Crippen molar-refractivity contribution in [3.8, 4) is 0 Å². The number of hydrogen-bond acceptors (Lipinski definition) is 2. The molecule has 1 N–H and O–H groups in total. The van der Waals surface area contributed by atoms with Crippen LogP contribution in [0.1, 0.15) is 33.6 Å². The van der Waals surface area contributed by atoms with Gasteiger partial charge in [0.1, 0.15) is 0 Å². The minimum absolute atomic E-state index is 0.487. The van der Waals surface area contributed by atoms with Crippen LogP contribution in [0.3, 0.4) is 0 Å². The summed E-state index contributed by atoms with van der Waals surface area (Å²) in [5.41, 5.74) is 0.487. The molecule has 2 rings (SSSR count). The third kappa shape index (κ3) is 1.50. The summed E-state index contributed by atoms with van der Waals surface area (Å²) in [5.74, 6) is 0.728. The van der Waals surface area contributed by atoms with Gasteiger partial charge in [0, 0.05) is 17.5 Å². The maximum Gasteiger partial charge on any atom is 0.0559 e. The fourth-order valence-corrected chi connectivity index (χ4v) is 2.81. The third-order valence-corrected chi connectivity index (χ3v) is 3.64. The standard InChI is InChI=1S/C11H21NO/c1-8(2)10-11(6-13-7-11)5-4-9(3)12-10/h8-10,12H,4-7H2,1-3H3/t9?,10-/m0/s1. The second kappa shape index (κ2) is 3.25. The topological polar surface area (TPSA) is 21.3 Å². The van der Waals surface area contributed by atoms with E-state index in [2.05, 4.69) is 26.1 Å². The normalized spacial score (nSPS) is 37.8. The quantitative estimate of drug-likeness (QED) is 0.669. The van der Waals surface area contributed by atoms with E-state index in [-0.39, 0.29) is 0 Å². The SMILES string of the molecule is CC1CCC2(COC2)[C@H](C(C)C)N1. The van der Waals surface area contributed by atoms with Crippen molar-refractivity contribution in [2.45, 2.75) is 45.7 Å². The molecule has 76 valence electrons. The molecule has 1 spiro atoms. The Balaban J connectivity index is 2.08. The Kier molecular flexibility index (Phi) is 2.37. The molecule has 0 aromatic rings. The molecule has 2 aliphatic rings. The first-order valence-electron chi connectivity index (χ1n) is 5.48. The lowest BCUT2D eigenvalue weighted by Crippen LogP contribution is -2.63. The Hall–Kier alpha value is -0.0800. The average Bonchev–Trinajstić information content (AvgIpc) is 2.01. The van der Waals surface area contributed by atoms with Gasteiger partial charge in [-0.1, -0.05) is 13.8 Å². The van der Waals surface area contributed by atoms with Crippen LogP contribution in [0.4, 0.5) is 0 Å². The molecule has 2 fully saturated rings. The van der Waals surface area contributed by atoms with Gasteiger partial charge >= 0.3 is 0 Å². The second-order valence-corrected chi connectivity index (χ2v) is 5.18. The predicted molar refractivity (Wildman–Crippen MR) is 53.7 cm³/mol. The Labute approximate surface area is 81.0 Å². The Bertz CT molecular complexity index is 187. The molecule has 2 saturated heterocycles. The zero-order valence-electron chi connectivity index (χ0n) is 8.97. The minimum atomic E-state index is 0.487. The highest BCUT2D eigenvalue weighted by atomic mass is 16.5. The Morgan fingerprint density at radius 3 is 2.54 bits per heavy atom. The molecule has 0 saturated carbocycles. The third-order valence-electron chi connectivity index (χ3n) is 3.64. The summed E-state index contributed by atoms with van der Waals surface area (Å²) >= 11 is 0. The zero-order valence-corrected chi connectivity index (χ0v) is 8.97. The van der Waals surface area contributed by atoms with Gasteiger partial charge in [0.05, 0.1) is 13.2 Å². The van der Waals surface area contributed by atoms with Crippen molar-refractivity contribution in [3.63, 3.8) is 0 Å². The van der Waals surface area contributed by atoms with Crippen molar-refractivity contribution in [2.24, 2.45) is 11.3 Å². The number of ether oxygens (including phenoxy) is 1. The summed E-state index contributed by atoms with van der Waals surface area (Å²) in [7, 11) is 0. The van der Waals surface area contributed by atoms with E-state index < -0.39 is 0 Å². The first kappa shape index (κ1) is 9.47. The molecule has 2 heteroatoms. The van der Waals surface area contributed by atoms with Crippen LogP contribution < -0.4 is 5.32 Å².